The molecule has 9 atom stereocenters. The van der Waals surface area contributed by atoms with Gasteiger partial charge >= 0.3 is 0 Å². The van der Waals surface area contributed by atoms with E-state index in [9.17, 15) is 14.7 Å². The molecule has 5 nitrogen and oxygen atoms in total. The summed E-state index contributed by atoms with van der Waals surface area (Å²) >= 11 is 4.07. The Morgan fingerprint density at radius 2 is 2.03 bits per heavy atom. The Labute approximate surface area is 172 Å². The molecule has 1 N–H and O–H groups in total. The SMILES string of the molecule is CC12C=CC(=O)C=C1C(F)CC1C3CC4OCOC4(C(=O)S)C3(C)CC(O)C12F. The van der Waals surface area contributed by atoms with E-state index in [0.29, 0.717) is 6.42 Å². The Kier molecular flexibility index (Phi) is 3.96. The predicted octanol–water partition coefficient (Wildman–Crippen LogP) is 2.48. The first kappa shape index (κ1) is 19.8. The van der Waals surface area contributed by atoms with E-state index in [1.165, 1.54) is 12.2 Å². The fourth-order valence-electron chi connectivity index (χ4n) is 7.28. The van der Waals surface area contributed by atoms with Crippen LogP contribution in [-0.4, -0.2) is 52.4 Å². The van der Waals surface area contributed by atoms with E-state index in [4.69, 9.17) is 9.47 Å². The van der Waals surface area contributed by atoms with Crippen LogP contribution in [0.3, 0.4) is 0 Å². The van der Waals surface area contributed by atoms with Crippen LogP contribution >= 0.6 is 12.6 Å². The molecule has 0 bridgehead atoms. The quantitative estimate of drug-likeness (QED) is 0.631. The molecule has 0 radical (unpaired) electrons. The Morgan fingerprint density at radius 3 is 2.72 bits per heavy atom. The Bertz CT molecular complexity index is 875. The molecule has 5 rings (SSSR count). The Hall–Kier alpha value is -1.09. The van der Waals surface area contributed by atoms with Crippen molar-refractivity contribution in [2.45, 2.75) is 62.8 Å². The van der Waals surface area contributed by atoms with E-state index >= 15 is 8.78 Å². The summed E-state index contributed by atoms with van der Waals surface area (Å²) in [5.41, 5.74) is -5.87. The fraction of sp³-hybridized carbons (Fsp3) is 0.714. The summed E-state index contributed by atoms with van der Waals surface area (Å²) in [5.74, 6) is -1.69. The van der Waals surface area contributed by atoms with Crippen molar-refractivity contribution in [2.24, 2.45) is 22.7 Å². The number of fused-ring (bicyclic) bond motifs is 7. The number of ketones is 1. The maximum Gasteiger partial charge on any atom is 0.221 e. The molecular formula is C21H24F2O5S. The number of hydrogen-bond acceptors (Lipinski definition) is 5. The lowest BCUT2D eigenvalue weighted by molar-refractivity contribution is -0.223. The third-order valence-corrected chi connectivity index (χ3v) is 8.99. The van der Waals surface area contributed by atoms with Crippen molar-refractivity contribution in [3.8, 4) is 0 Å². The second kappa shape index (κ2) is 5.78. The van der Waals surface area contributed by atoms with E-state index in [2.05, 4.69) is 12.6 Å². The normalized spacial score (nSPS) is 55.6. The molecule has 8 heteroatoms. The minimum Gasteiger partial charge on any atom is -0.390 e. The standard InChI is InChI=1S/C21H24F2O5S/c1-18-4-3-10(24)5-13(18)14(22)6-12-11-7-16-21(17(26)29,28-9-27-16)19(11,2)8-15(25)20(12,18)23/h3-5,11-12,14-16,25H,6-9H2,1-2H3,(H,26,29). The van der Waals surface area contributed by atoms with Gasteiger partial charge in [-0.25, -0.2) is 8.78 Å². The molecule has 158 valence electrons. The van der Waals surface area contributed by atoms with Crippen LogP contribution in [0, 0.1) is 22.7 Å². The molecule has 1 heterocycles. The molecule has 0 amide bonds. The van der Waals surface area contributed by atoms with Crippen LogP contribution in [0.15, 0.2) is 23.8 Å². The highest BCUT2D eigenvalue weighted by Gasteiger charge is 2.79. The van der Waals surface area contributed by atoms with Crippen molar-refractivity contribution in [1.82, 2.24) is 0 Å². The van der Waals surface area contributed by atoms with Crippen molar-refractivity contribution in [2.75, 3.05) is 6.79 Å². The van der Waals surface area contributed by atoms with Crippen LogP contribution < -0.4 is 0 Å². The average molecular weight is 426 g/mol. The maximum absolute atomic E-state index is 16.9. The Balaban J connectivity index is 1.67. The largest absolute Gasteiger partial charge is 0.390 e. The van der Waals surface area contributed by atoms with Crippen molar-refractivity contribution < 1.29 is 33.0 Å². The molecular weight excluding hydrogens is 402 g/mol. The van der Waals surface area contributed by atoms with Gasteiger partial charge in [0.15, 0.2) is 17.1 Å². The van der Waals surface area contributed by atoms with Gasteiger partial charge in [-0.2, -0.15) is 0 Å². The zero-order valence-electron chi connectivity index (χ0n) is 16.2. The minimum absolute atomic E-state index is 0.0432. The lowest BCUT2D eigenvalue weighted by Gasteiger charge is -2.62. The summed E-state index contributed by atoms with van der Waals surface area (Å²) in [6.07, 6.45) is 0.337. The van der Waals surface area contributed by atoms with Gasteiger partial charge in [0.2, 0.25) is 5.12 Å². The number of aliphatic hydroxyl groups is 1. The highest BCUT2D eigenvalue weighted by Crippen LogP contribution is 2.71. The molecule has 4 aliphatic carbocycles. The molecule has 1 aliphatic heterocycles. The third kappa shape index (κ3) is 2.02. The van der Waals surface area contributed by atoms with Gasteiger partial charge in [-0.1, -0.05) is 13.0 Å². The van der Waals surface area contributed by atoms with Crippen LogP contribution in [0.5, 0.6) is 0 Å². The number of aliphatic hydroxyl groups excluding tert-OH is 1. The number of alkyl halides is 2. The van der Waals surface area contributed by atoms with Gasteiger partial charge in [0.1, 0.15) is 13.0 Å². The second-order valence-electron chi connectivity index (χ2n) is 9.55. The summed E-state index contributed by atoms with van der Waals surface area (Å²) < 4.78 is 43.7. The summed E-state index contributed by atoms with van der Waals surface area (Å²) in [5, 5.41) is 10.7. The molecule has 9 unspecified atom stereocenters. The number of allylic oxidation sites excluding steroid dienone is 4. The molecule has 29 heavy (non-hydrogen) atoms. The average Bonchev–Trinajstić information content (AvgIpc) is 3.17. The number of hydrogen-bond donors (Lipinski definition) is 2. The molecule has 0 aromatic rings. The zero-order valence-corrected chi connectivity index (χ0v) is 17.1. The van der Waals surface area contributed by atoms with Crippen LogP contribution in [0.4, 0.5) is 8.78 Å². The van der Waals surface area contributed by atoms with E-state index in [1.54, 1.807) is 13.8 Å². The summed E-state index contributed by atoms with van der Waals surface area (Å²) in [4.78, 5) is 24.4. The lowest BCUT2D eigenvalue weighted by atomic mass is 9.44. The highest BCUT2D eigenvalue weighted by atomic mass is 32.1. The van der Waals surface area contributed by atoms with Gasteiger partial charge in [-0.3, -0.25) is 9.59 Å². The summed E-state index contributed by atoms with van der Waals surface area (Å²) in [6.45, 7) is 3.28. The van der Waals surface area contributed by atoms with Crippen LogP contribution in [0.1, 0.15) is 33.1 Å². The molecule has 0 spiro atoms. The third-order valence-electron chi connectivity index (χ3n) is 8.66. The zero-order chi connectivity index (χ0) is 21.0. The highest BCUT2D eigenvalue weighted by molar-refractivity contribution is 7.96. The number of thiol groups is 1. The van der Waals surface area contributed by atoms with Gasteiger partial charge in [-0.05, 0) is 49.8 Å². The maximum atomic E-state index is 16.9. The summed E-state index contributed by atoms with van der Waals surface area (Å²) in [6, 6.07) is 0. The van der Waals surface area contributed by atoms with E-state index in [-0.39, 0.29) is 31.0 Å². The number of carbonyl (C=O) groups is 2. The van der Waals surface area contributed by atoms with E-state index in [0.717, 1.165) is 6.08 Å². The van der Waals surface area contributed by atoms with Crippen molar-refractivity contribution >= 4 is 23.5 Å². The first-order chi connectivity index (χ1) is 13.5. The van der Waals surface area contributed by atoms with Gasteiger partial charge < -0.3 is 14.6 Å². The van der Waals surface area contributed by atoms with E-state index in [1.807, 2.05) is 0 Å². The van der Waals surface area contributed by atoms with E-state index < -0.39 is 57.4 Å². The van der Waals surface area contributed by atoms with Crippen LogP contribution in [0.25, 0.3) is 0 Å². The monoisotopic (exact) mass is 426 g/mol. The van der Waals surface area contributed by atoms with Crippen molar-refractivity contribution in [3.63, 3.8) is 0 Å². The van der Waals surface area contributed by atoms with Crippen molar-refractivity contribution in [3.05, 3.63) is 23.8 Å². The topological polar surface area (TPSA) is 72.8 Å². The molecule has 3 saturated carbocycles. The van der Waals surface area contributed by atoms with Crippen molar-refractivity contribution in [1.29, 1.82) is 0 Å². The minimum atomic E-state index is -2.18. The van der Waals surface area contributed by atoms with Gasteiger partial charge in [0.05, 0.1) is 12.2 Å². The molecule has 0 aromatic heterocycles. The van der Waals surface area contributed by atoms with Crippen LogP contribution in [0.2, 0.25) is 0 Å². The smallest absolute Gasteiger partial charge is 0.221 e. The predicted molar refractivity (Wildman–Crippen MR) is 102 cm³/mol. The van der Waals surface area contributed by atoms with Gasteiger partial charge in [0, 0.05) is 16.7 Å². The number of ether oxygens (including phenoxy) is 2. The van der Waals surface area contributed by atoms with Gasteiger partial charge in [0.25, 0.3) is 0 Å². The van der Waals surface area contributed by atoms with Crippen LogP contribution in [-0.2, 0) is 19.1 Å². The lowest BCUT2D eigenvalue weighted by Crippen LogP contribution is -2.70. The number of rotatable bonds is 1. The molecule has 1 saturated heterocycles. The Morgan fingerprint density at radius 1 is 1.31 bits per heavy atom. The first-order valence-corrected chi connectivity index (χ1v) is 10.4. The van der Waals surface area contributed by atoms with Gasteiger partial charge in [-0.15, -0.1) is 12.6 Å². The fourth-order valence-corrected chi connectivity index (χ4v) is 7.74. The molecule has 0 aromatic carbocycles. The molecule has 5 aliphatic rings. The molecule has 4 fully saturated rings. The number of carbonyl (C=O) groups excluding carboxylic acids is 2. The first-order valence-electron chi connectivity index (χ1n) is 9.97. The number of halogens is 2. The summed E-state index contributed by atoms with van der Waals surface area (Å²) in [7, 11) is 0. The second-order valence-corrected chi connectivity index (χ2v) is 9.96.